The highest BCUT2D eigenvalue weighted by atomic mass is 32.2. The number of likely N-dealkylation sites (tertiary alicyclic amines) is 1. The van der Waals surface area contributed by atoms with Crippen LogP contribution in [0.25, 0.3) is 0 Å². The fourth-order valence-electron chi connectivity index (χ4n) is 1.71. The van der Waals surface area contributed by atoms with Gasteiger partial charge in [0.05, 0.1) is 5.75 Å². The van der Waals surface area contributed by atoms with Crippen molar-refractivity contribution in [3.8, 4) is 0 Å². The van der Waals surface area contributed by atoms with E-state index >= 15 is 0 Å². The summed E-state index contributed by atoms with van der Waals surface area (Å²) in [6, 6.07) is 0. The van der Waals surface area contributed by atoms with E-state index in [9.17, 15) is 8.42 Å². The first-order valence-corrected chi connectivity index (χ1v) is 6.92. The van der Waals surface area contributed by atoms with Crippen LogP contribution in [0.2, 0.25) is 0 Å². The molecule has 14 heavy (non-hydrogen) atoms. The van der Waals surface area contributed by atoms with Gasteiger partial charge in [-0.1, -0.05) is 6.92 Å². The summed E-state index contributed by atoms with van der Waals surface area (Å²) in [4.78, 5) is 2.35. The van der Waals surface area contributed by atoms with Gasteiger partial charge >= 0.3 is 0 Å². The molecule has 0 aromatic heterocycles. The van der Waals surface area contributed by atoms with Crippen molar-refractivity contribution in [2.75, 3.05) is 31.9 Å². The standard InChI is InChI=1S/C9H20N2O2S/c1-3-11-6-5-9(8-11)7-10-14(12,13)4-2/h9-10H,3-8H2,1-2H3. The van der Waals surface area contributed by atoms with Gasteiger partial charge in [-0.05, 0) is 32.4 Å². The number of nitrogens with zero attached hydrogens (tertiary/aromatic N) is 1. The lowest BCUT2D eigenvalue weighted by Crippen LogP contribution is -2.32. The first-order chi connectivity index (χ1) is 6.57. The highest BCUT2D eigenvalue weighted by molar-refractivity contribution is 7.89. The summed E-state index contributed by atoms with van der Waals surface area (Å²) in [5.41, 5.74) is 0. The molecule has 5 heteroatoms. The Balaban J connectivity index is 2.27. The molecule has 0 bridgehead atoms. The van der Waals surface area contributed by atoms with Crippen LogP contribution < -0.4 is 4.72 Å². The van der Waals surface area contributed by atoms with E-state index in [-0.39, 0.29) is 5.75 Å². The normalized spacial score (nSPS) is 24.3. The monoisotopic (exact) mass is 220 g/mol. The van der Waals surface area contributed by atoms with Gasteiger partial charge in [0.15, 0.2) is 0 Å². The predicted molar refractivity (Wildman–Crippen MR) is 57.7 cm³/mol. The molecule has 4 nitrogen and oxygen atoms in total. The molecule has 0 aliphatic carbocycles. The second-order valence-corrected chi connectivity index (χ2v) is 5.90. The van der Waals surface area contributed by atoms with Crippen molar-refractivity contribution in [2.24, 2.45) is 5.92 Å². The van der Waals surface area contributed by atoms with E-state index in [1.165, 1.54) is 0 Å². The Morgan fingerprint density at radius 3 is 2.64 bits per heavy atom. The Kier molecular flexibility index (Phi) is 4.34. The quantitative estimate of drug-likeness (QED) is 0.723. The van der Waals surface area contributed by atoms with Gasteiger partial charge in [0, 0.05) is 13.1 Å². The van der Waals surface area contributed by atoms with Gasteiger partial charge in [0.1, 0.15) is 0 Å². The Labute approximate surface area is 86.7 Å². The largest absolute Gasteiger partial charge is 0.303 e. The Bertz CT molecular complexity index is 264. The van der Waals surface area contributed by atoms with Crippen LogP contribution in [-0.4, -0.2) is 45.2 Å². The Morgan fingerprint density at radius 2 is 2.14 bits per heavy atom. The van der Waals surface area contributed by atoms with Crippen molar-refractivity contribution in [2.45, 2.75) is 20.3 Å². The molecule has 0 aromatic carbocycles. The second kappa shape index (κ2) is 5.09. The summed E-state index contributed by atoms with van der Waals surface area (Å²) in [6.45, 7) is 7.61. The van der Waals surface area contributed by atoms with Gasteiger partial charge in [0.25, 0.3) is 0 Å². The summed E-state index contributed by atoms with van der Waals surface area (Å²) in [5.74, 6) is 0.674. The average Bonchev–Trinajstić information content (AvgIpc) is 2.63. The molecule has 0 aromatic rings. The van der Waals surface area contributed by atoms with Gasteiger partial charge in [-0.2, -0.15) is 0 Å². The van der Waals surface area contributed by atoms with Gasteiger partial charge < -0.3 is 4.90 Å². The SMILES string of the molecule is CCN1CCC(CNS(=O)(=O)CC)C1. The number of hydrogen-bond donors (Lipinski definition) is 1. The van der Waals surface area contributed by atoms with Crippen LogP contribution in [0.4, 0.5) is 0 Å². The second-order valence-electron chi connectivity index (χ2n) is 3.80. The lowest BCUT2D eigenvalue weighted by Gasteiger charge is -2.13. The molecule has 1 aliphatic rings. The minimum absolute atomic E-state index is 0.178. The third kappa shape index (κ3) is 3.55. The highest BCUT2D eigenvalue weighted by Gasteiger charge is 2.22. The lowest BCUT2D eigenvalue weighted by atomic mass is 10.1. The molecule has 1 saturated heterocycles. The molecule has 0 saturated carbocycles. The van der Waals surface area contributed by atoms with Crippen LogP contribution in [0.3, 0.4) is 0 Å². The van der Waals surface area contributed by atoms with Crippen LogP contribution in [0.5, 0.6) is 0 Å². The molecule has 1 N–H and O–H groups in total. The molecule has 1 aliphatic heterocycles. The predicted octanol–water partition coefficient (Wildman–Crippen LogP) is 0.267. The molecule has 1 atom stereocenters. The van der Waals surface area contributed by atoms with Gasteiger partial charge in [-0.3, -0.25) is 0 Å². The molecule has 0 amide bonds. The van der Waals surface area contributed by atoms with Crippen LogP contribution in [0, 0.1) is 5.92 Å². The number of hydrogen-bond acceptors (Lipinski definition) is 3. The van der Waals surface area contributed by atoms with Gasteiger partial charge in [-0.25, -0.2) is 13.1 Å². The molecule has 1 fully saturated rings. The Hall–Kier alpha value is -0.130. The molecule has 84 valence electrons. The summed E-state index contributed by atoms with van der Waals surface area (Å²) < 4.78 is 25.0. The topological polar surface area (TPSA) is 49.4 Å². The summed E-state index contributed by atoms with van der Waals surface area (Å²) in [6.07, 6.45) is 1.11. The van der Waals surface area contributed by atoms with Crippen molar-refractivity contribution in [3.63, 3.8) is 0 Å². The van der Waals surface area contributed by atoms with Crippen molar-refractivity contribution < 1.29 is 8.42 Å². The molecule has 0 radical (unpaired) electrons. The molecular weight excluding hydrogens is 200 g/mol. The lowest BCUT2D eigenvalue weighted by molar-refractivity contribution is 0.342. The zero-order chi connectivity index (χ0) is 10.6. The van der Waals surface area contributed by atoms with Crippen molar-refractivity contribution in [1.82, 2.24) is 9.62 Å². The van der Waals surface area contributed by atoms with Crippen LogP contribution in [-0.2, 0) is 10.0 Å². The zero-order valence-corrected chi connectivity index (χ0v) is 9.81. The minimum atomic E-state index is -3.00. The zero-order valence-electron chi connectivity index (χ0n) is 8.99. The van der Waals surface area contributed by atoms with Crippen LogP contribution in [0.15, 0.2) is 0 Å². The maximum atomic E-state index is 11.2. The van der Waals surface area contributed by atoms with E-state index < -0.39 is 10.0 Å². The van der Waals surface area contributed by atoms with E-state index in [0.717, 1.165) is 26.1 Å². The highest BCUT2D eigenvalue weighted by Crippen LogP contribution is 2.14. The van der Waals surface area contributed by atoms with E-state index in [0.29, 0.717) is 12.5 Å². The smallest absolute Gasteiger partial charge is 0.211 e. The third-order valence-corrected chi connectivity index (χ3v) is 4.16. The number of nitrogens with one attached hydrogen (secondary N) is 1. The van der Waals surface area contributed by atoms with Crippen LogP contribution >= 0.6 is 0 Å². The third-order valence-electron chi connectivity index (χ3n) is 2.79. The average molecular weight is 220 g/mol. The van der Waals surface area contributed by atoms with E-state index in [1.54, 1.807) is 6.92 Å². The van der Waals surface area contributed by atoms with Crippen molar-refractivity contribution >= 4 is 10.0 Å². The molecule has 1 unspecified atom stereocenters. The van der Waals surface area contributed by atoms with E-state index in [4.69, 9.17) is 0 Å². The maximum Gasteiger partial charge on any atom is 0.211 e. The molecule has 1 rings (SSSR count). The number of sulfonamides is 1. The fourth-order valence-corrected chi connectivity index (χ4v) is 2.41. The van der Waals surface area contributed by atoms with Crippen molar-refractivity contribution in [3.05, 3.63) is 0 Å². The van der Waals surface area contributed by atoms with E-state index in [1.807, 2.05) is 0 Å². The molecule has 0 spiro atoms. The van der Waals surface area contributed by atoms with E-state index in [2.05, 4.69) is 16.5 Å². The summed E-state index contributed by atoms with van der Waals surface area (Å²) >= 11 is 0. The molecular formula is C9H20N2O2S. The van der Waals surface area contributed by atoms with Crippen molar-refractivity contribution in [1.29, 1.82) is 0 Å². The first-order valence-electron chi connectivity index (χ1n) is 5.27. The minimum Gasteiger partial charge on any atom is -0.303 e. The Morgan fingerprint density at radius 1 is 1.43 bits per heavy atom. The molecule has 1 heterocycles. The van der Waals surface area contributed by atoms with Gasteiger partial charge in [-0.15, -0.1) is 0 Å². The maximum absolute atomic E-state index is 11.2. The van der Waals surface area contributed by atoms with Gasteiger partial charge in [0.2, 0.25) is 10.0 Å². The summed E-state index contributed by atoms with van der Waals surface area (Å²) in [7, 11) is -3.00. The van der Waals surface area contributed by atoms with Crippen LogP contribution in [0.1, 0.15) is 20.3 Å². The number of rotatable bonds is 5. The first kappa shape index (κ1) is 11.9. The fraction of sp³-hybridized carbons (Fsp3) is 1.00. The summed E-state index contributed by atoms with van der Waals surface area (Å²) in [5, 5.41) is 0.